The summed E-state index contributed by atoms with van der Waals surface area (Å²) in [5.41, 5.74) is 1.70. The molecule has 2 aromatic carbocycles. The van der Waals surface area contributed by atoms with E-state index in [0.717, 1.165) is 5.56 Å². The number of carbonyl (C=O) groups excluding carboxylic acids is 2. The van der Waals surface area contributed by atoms with E-state index in [0.29, 0.717) is 11.3 Å². The molecule has 0 aliphatic heterocycles. The molecule has 6 heteroatoms. The van der Waals surface area contributed by atoms with Gasteiger partial charge in [0.25, 0.3) is 5.91 Å². The van der Waals surface area contributed by atoms with Crippen molar-refractivity contribution < 1.29 is 18.4 Å². The highest BCUT2D eigenvalue weighted by Crippen LogP contribution is 2.25. The van der Waals surface area contributed by atoms with E-state index >= 15 is 0 Å². The normalized spacial score (nSPS) is 10.4. The standard InChI is InChI=1S/C20H17FN2O3/c1-22-19(24)12-13-6-8-14(9-7-13)23-20(25)18-11-10-17(26-18)15-4-2-3-5-16(15)21/h2-11H,12H2,1H3,(H,22,24)(H,23,25). The third-order valence-electron chi connectivity index (χ3n) is 3.82. The van der Waals surface area contributed by atoms with Crippen LogP contribution in [0.3, 0.4) is 0 Å². The largest absolute Gasteiger partial charge is 0.451 e. The summed E-state index contributed by atoms with van der Waals surface area (Å²) in [5.74, 6) is -0.572. The van der Waals surface area contributed by atoms with Crippen LogP contribution < -0.4 is 10.6 Å². The summed E-state index contributed by atoms with van der Waals surface area (Å²) in [6.45, 7) is 0. The van der Waals surface area contributed by atoms with Crippen molar-refractivity contribution in [1.82, 2.24) is 5.32 Å². The fourth-order valence-corrected chi connectivity index (χ4v) is 2.44. The minimum atomic E-state index is -0.438. The summed E-state index contributed by atoms with van der Waals surface area (Å²) < 4.78 is 19.3. The number of rotatable bonds is 5. The number of benzene rings is 2. The molecule has 26 heavy (non-hydrogen) atoms. The SMILES string of the molecule is CNC(=O)Cc1ccc(NC(=O)c2ccc(-c3ccccc3F)o2)cc1. The first-order valence-electron chi connectivity index (χ1n) is 8.02. The molecule has 0 atom stereocenters. The Balaban J connectivity index is 1.69. The van der Waals surface area contributed by atoms with Gasteiger partial charge in [-0.2, -0.15) is 0 Å². The molecule has 3 rings (SSSR count). The molecule has 2 N–H and O–H groups in total. The first kappa shape index (κ1) is 17.4. The Kier molecular flexibility index (Phi) is 5.12. The molecule has 132 valence electrons. The number of hydrogen-bond donors (Lipinski definition) is 2. The van der Waals surface area contributed by atoms with E-state index in [1.54, 1.807) is 55.6 Å². The van der Waals surface area contributed by atoms with E-state index in [9.17, 15) is 14.0 Å². The number of likely N-dealkylation sites (N-methyl/N-ethyl adjacent to an activating group) is 1. The highest BCUT2D eigenvalue weighted by atomic mass is 19.1. The minimum Gasteiger partial charge on any atom is -0.451 e. The molecule has 3 aromatic rings. The van der Waals surface area contributed by atoms with Crippen molar-refractivity contribution in [2.24, 2.45) is 0 Å². The number of carbonyl (C=O) groups is 2. The van der Waals surface area contributed by atoms with Crippen LogP contribution in [-0.2, 0) is 11.2 Å². The smallest absolute Gasteiger partial charge is 0.291 e. The third-order valence-corrected chi connectivity index (χ3v) is 3.82. The number of anilines is 1. The van der Waals surface area contributed by atoms with Crippen molar-refractivity contribution in [3.05, 3.63) is 77.8 Å². The van der Waals surface area contributed by atoms with E-state index < -0.39 is 11.7 Å². The van der Waals surface area contributed by atoms with Crippen LogP contribution in [0.1, 0.15) is 16.1 Å². The van der Waals surface area contributed by atoms with Gasteiger partial charge in [-0.3, -0.25) is 9.59 Å². The van der Waals surface area contributed by atoms with E-state index in [1.165, 1.54) is 12.1 Å². The second kappa shape index (κ2) is 7.65. The van der Waals surface area contributed by atoms with Crippen molar-refractivity contribution in [3.8, 4) is 11.3 Å². The molecular weight excluding hydrogens is 335 g/mol. The van der Waals surface area contributed by atoms with E-state index in [-0.39, 0.29) is 23.8 Å². The average molecular weight is 352 g/mol. The quantitative estimate of drug-likeness (QED) is 0.737. The summed E-state index contributed by atoms with van der Waals surface area (Å²) in [5, 5.41) is 5.26. The van der Waals surface area contributed by atoms with Crippen LogP contribution in [-0.4, -0.2) is 18.9 Å². The van der Waals surface area contributed by atoms with Gasteiger partial charge in [-0.15, -0.1) is 0 Å². The predicted octanol–water partition coefficient (Wildman–Crippen LogP) is 3.63. The highest BCUT2D eigenvalue weighted by Gasteiger charge is 2.14. The zero-order valence-corrected chi connectivity index (χ0v) is 14.1. The number of hydrogen-bond acceptors (Lipinski definition) is 3. The van der Waals surface area contributed by atoms with Crippen LogP contribution in [0, 0.1) is 5.82 Å². The molecule has 1 aromatic heterocycles. The van der Waals surface area contributed by atoms with Gasteiger partial charge in [0.2, 0.25) is 5.91 Å². The van der Waals surface area contributed by atoms with Gasteiger partial charge in [-0.25, -0.2) is 4.39 Å². The molecule has 5 nitrogen and oxygen atoms in total. The maximum atomic E-state index is 13.8. The molecule has 0 aliphatic rings. The van der Waals surface area contributed by atoms with Gasteiger partial charge in [0, 0.05) is 12.7 Å². The molecule has 0 radical (unpaired) electrons. The van der Waals surface area contributed by atoms with Gasteiger partial charge < -0.3 is 15.1 Å². The summed E-state index contributed by atoms with van der Waals surface area (Å²) >= 11 is 0. The van der Waals surface area contributed by atoms with E-state index in [4.69, 9.17) is 4.42 Å². The first-order chi connectivity index (χ1) is 12.6. The van der Waals surface area contributed by atoms with Gasteiger partial charge in [0.15, 0.2) is 5.76 Å². The van der Waals surface area contributed by atoms with Crippen LogP contribution in [0.15, 0.2) is 65.1 Å². The van der Waals surface area contributed by atoms with Crippen LogP contribution in [0.2, 0.25) is 0 Å². The van der Waals surface area contributed by atoms with Crippen molar-refractivity contribution in [3.63, 3.8) is 0 Å². The summed E-state index contributed by atoms with van der Waals surface area (Å²) in [6.07, 6.45) is 0.273. The van der Waals surface area contributed by atoms with Crippen LogP contribution in [0.25, 0.3) is 11.3 Å². The third kappa shape index (κ3) is 3.97. The number of halogens is 1. The maximum Gasteiger partial charge on any atom is 0.291 e. The molecule has 0 spiro atoms. The number of nitrogens with one attached hydrogen (secondary N) is 2. The second-order valence-corrected chi connectivity index (χ2v) is 5.64. The topological polar surface area (TPSA) is 71.3 Å². The van der Waals surface area contributed by atoms with Crippen LogP contribution in [0.4, 0.5) is 10.1 Å². The summed E-state index contributed by atoms with van der Waals surface area (Å²) in [6, 6.07) is 16.2. The number of furan rings is 1. The number of amides is 2. The Hall–Kier alpha value is -3.41. The van der Waals surface area contributed by atoms with Crippen molar-refractivity contribution >= 4 is 17.5 Å². The molecule has 0 bridgehead atoms. The lowest BCUT2D eigenvalue weighted by Crippen LogP contribution is -2.19. The lowest BCUT2D eigenvalue weighted by molar-refractivity contribution is -0.119. The molecule has 0 saturated heterocycles. The summed E-state index contributed by atoms with van der Waals surface area (Å²) in [4.78, 5) is 23.6. The van der Waals surface area contributed by atoms with Gasteiger partial charge in [-0.05, 0) is 42.0 Å². The molecule has 0 fully saturated rings. The van der Waals surface area contributed by atoms with E-state index in [2.05, 4.69) is 10.6 Å². The monoisotopic (exact) mass is 352 g/mol. The van der Waals surface area contributed by atoms with Crippen LogP contribution >= 0.6 is 0 Å². The lowest BCUT2D eigenvalue weighted by atomic mass is 10.1. The Bertz CT molecular complexity index is 932. The highest BCUT2D eigenvalue weighted by molar-refractivity contribution is 6.02. The van der Waals surface area contributed by atoms with Crippen LogP contribution in [0.5, 0.6) is 0 Å². The Morgan fingerprint density at radius 2 is 1.73 bits per heavy atom. The first-order valence-corrected chi connectivity index (χ1v) is 8.02. The molecule has 0 saturated carbocycles. The van der Waals surface area contributed by atoms with Gasteiger partial charge in [-0.1, -0.05) is 24.3 Å². The Morgan fingerprint density at radius 3 is 2.42 bits per heavy atom. The van der Waals surface area contributed by atoms with Crippen molar-refractivity contribution in [1.29, 1.82) is 0 Å². The Labute approximate surface area is 149 Å². The molecule has 0 aliphatic carbocycles. The molecule has 1 heterocycles. The van der Waals surface area contributed by atoms with Crippen molar-refractivity contribution in [2.75, 3.05) is 12.4 Å². The van der Waals surface area contributed by atoms with Gasteiger partial charge in [0.1, 0.15) is 11.6 Å². The Morgan fingerprint density at radius 1 is 1.00 bits per heavy atom. The molecule has 0 unspecified atom stereocenters. The van der Waals surface area contributed by atoms with E-state index in [1.807, 2.05) is 0 Å². The summed E-state index contributed by atoms with van der Waals surface area (Å²) in [7, 11) is 1.58. The maximum absolute atomic E-state index is 13.8. The zero-order chi connectivity index (χ0) is 18.5. The minimum absolute atomic E-state index is 0.0812. The van der Waals surface area contributed by atoms with Gasteiger partial charge in [0.05, 0.1) is 12.0 Å². The fourth-order valence-electron chi connectivity index (χ4n) is 2.44. The lowest BCUT2D eigenvalue weighted by Gasteiger charge is -2.05. The van der Waals surface area contributed by atoms with Gasteiger partial charge >= 0.3 is 0 Å². The predicted molar refractivity (Wildman–Crippen MR) is 96.3 cm³/mol. The molecule has 2 amide bonds. The average Bonchev–Trinajstić information content (AvgIpc) is 3.13. The zero-order valence-electron chi connectivity index (χ0n) is 14.1. The fraction of sp³-hybridized carbons (Fsp3) is 0.100. The molecular formula is C20H17FN2O3. The van der Waals surface area contributed by atoms with Crippen molar-refractivity contribution in [2.45, 2.75) is 6.42 Å². The second-order valence-electron chi connectivity index (χ2n) is 5.64.